The Labute approximate surface area is 145 Å². The molecule has 0 aliphatic carbocycles. The van der Waals surface area contributed by atoms with Gasteiger partial charge in [-0.1, -0.05) is 36.4 Å². The maximum absolute atomic E-state index is 5.66. The van der Waals surface area contributed by atoms with E-state index in [1.54, 1.807) is 7.11 Å². The molecule has 0 spiro atoms. The Morgan fingerprint density at radius 1 is 1.04 bits per heavy atom. The van der Waals surface area contributed by atoms with E-state index >= 15 is 0 Å². The number of ether oxygens (including phenoxy) is 2. The van der Waals surface area contributed by atoms with Gasteiger partial charge in [-0.3, -0.25) is 0 Å². The van der Waals surface area contributed by atoms with E-state index in [2.05, 4.69) is 54.6 Å². The third-order valence-corrected chi connectivity index (χ3v) is 3.83. The number of likely N-dealkylation sites (N-methyl/N-ethyl adjacent to an activating group) is 1. The molecule has 0 radical (unpaired) electrons. The first-order chi connectivity index (χ1) is 11.6. The zero-order valence-electron chi connectivity index (χ0n) is 15.1. The highest BCUT2D eigenvalue weighted by atomic mass is 16.5. The van der Waals surface area contributed by atoms with Gasteiger partial charge in [-0.05, 0) is 44.3 Å². The number of rotatable bonds is 9. The Bertz CT molecular complexity index is 614. The fourth-order valence-corrected chi connectivity index (χ4v) is 2.68. The first-order valence-corrected chi connectivity index (χ1v) is 8.36. The van der Waals surface area contributed by atoms with Crippen LogP contribution in [0.5, 0.6) is 11.5 Å². The average molecular weight is 328 g/mol. The number of nitrogens with one attached hydrogen (secondary N) is 1. The highest BCUT2D eigenvalue weighted by molar-refractivity contribution is 5.43. The van der Waals surface area contributed by atoms with Crippen molar-refractivity contribution in [2.45, 2.75) is 19.5 Å². The summed E-state index contributed by atoms with van der Waals surface area (Å²) in [6, 6.07) is 16.9. The fraction of sp³-hybridized carbons (Fsp3) is 0.400. The largest absolute Gasteiger partial charge is 0.493 e. The van der Waals surface area contributed by atoms with Gasteiger partial charge in [-0.15, -0.1) is 0 Å². The second-order valence-corrected chi connectivity index (χ2v) is 6.02. The van der Waals surface area contributed by atoms with Gasteiger partial charge in [-0.2, -0.15) is 0 Å². The molecule has 2 rings (SSSR count). The molecule has 0 heterocycles. The summed E-state index contributed by atoms with van der Waals surface area (Å²) in [6.07, 6.45) is 0. The number of hydrogen-bond acceptors (Lipinski definition) is 4. The van der Waals surface area contributed by atoms with Crippen LogP contribution in [0.25, 0.3) is 0 Å². The second kappa shape index (κ2) is 9.30. The zero-order chi connectivity index (χ0) is 17.4. The molecule has 2 aromatic carbocycles. The van der Waals surface area contributed by atoms with Gasteiger partial charge in [0, 0.05) is 19.1 Å². The molecule has 1 unspecified atom stereocenters. The van der Waals surface area contributed by atoms with Gasteiger partial charge in [0.25, 0.3) is 0 Å². The van der Waals surface area contributed by atoms with Gasteiger partial charge >= 0.3 is 0 Å². The number of hydrogen-bond donors (Lipinski definition) is 1. The molecule has 4 heteroatoms. The van der Waals surface area contributed by atoms with Crippen LogP contribution in [-0.4, -0.2) is 39.3 Å². The minimum atomic E-state index is 0.277. The minimum Gasteiger partial charge on any atom is -0.493 e. The van der Waals surface area contributed by atoms with Crippen molar-refractivity contribution in [3.8, 4) is 11.5 Å². The molecule has 0 saturated heterocycles. The van der Waals surface area contributed by atoms with Crippen LogP contribution in [0.2, 0.25) is 0 Å². The third-order valence-electron chi connectivity index (χ3n) is 3.83. The average Bonchev–Trinajstić information content (AvgIpc) is 2.59. The zero-order valence-corrected chi connectivity index (χ0v) is 15.1. The maximum Gasteiger partial charge on any atom is 0.161 e. The summed E-state index contributed by atoms with van der Waals surface area (Å²) in [4.78, 5) is 2.20. The van der Waals surface area contributed by atoms with E-state index in [0.717, 1.165) is 24.6 Å². The molecule has 24 heavy (non-hydrogen) atoms. The predicted molar refractivity (Wildman–Crippen MR) is 98.7 cm³/mol. The Morgan fingerprint density at radius 3 is 2.42 bits per heavy atom. The van der Waals surface area contributed by atoms with Crippen LogP contribution in [0.3, 0.4) is 0 Å². The van der Waals surface area contributed by atoms with Crippen molar-refractivity contribution in [1.82, 2.24) is 10.2 Å². The molecular weight excluding hydrogens is 300 g/mol. The SMILES string of the molecule is CCOc1cc(CNC(CN(C)C)c2ccccc2)ccc1OC. The lowest BCUT2D eigenvalue weighted by Crippen LogP contribution is -2.30. The molecule has 0 aromatic heterocycles. The number of methoxy groups -OCH3 is 1. The molecule has 130 valence electrons. The first kappa shape index (κ1) is 18.3. The van der Waals surface area contributed by atoms with Crippen LogP contribution in [-0.2, 0) is 6.54 Å². The highest BCUT2D eigenvalue weighted by Gasteiger charge is 2.12. The lowest BCUT2D eigenvalue weighted by Gasteiger charge is -2.23. The molecule has 0 saturated carbocycles. The van der Waals surface area contributed by atoms with Crippen LogP contribution in [0.4, 0.5) is 0 Å². The Morgan fingerprint density at radius 2 is 1.79 bits per heavy atom. The van der Waals surface area contributed by atoms with Crippen molar-refractivity contribution in [3.63, 3.8) is 0 Å². The molecule has 0 fully saturated rings. The van der Waals surface area contributed by atoms with Gasteiger partial charge in [-0.25, -0.2) is 0 Å². The van der Waals surface area contributed by atoms with Crippen LogP contribution in [0, 0.1) is 0 Å². The summed E-state index contributed by atoms with van der Waals surface area (Å²) in [5.41, 5.74) is 2.48. The van der Waals surface area contributed by atoms with E-state index in [-0.39, 0.29) is 6.04 Å². The lowest BCUT2D eigenvalue weighted by molar-refractivity contribution is 0.310. The first-order valence-electron chi connectivity index (χ1n) is 8.36. The molecule has 0 aliphatic heterocycles. The van der Waals surface area contributed by atoms with Crippen molar-refractivity contribution >= 4 is 0 Å². The molecule has 1 N–H and O–H groups in total. The van der Waals surface area contributed by atoms with E-state index in [9.17, 15) is 0 Å². The molecule has 4 nitrogen and oxygen atoms in total. The summed E-state index contributed by atoms with van der Waals surface area (Å²) in [5.74, 6) is 1.57. The molecule has 1 atom stereocenters. The van der Waals surface area contributed by atoms with Crippen molar-refractivity contribution < 1.29 is 9.47 Å². The van der Waals surface area contributed by atoms with Crippen LogP contribution in [0.1, 0.15) is 24.1 Å². The van der Waals surface area contributed by atoms with E-state index in [0.29, 0.717) is 6.61 Å². The summed E-state index contributed by atoms with van der Waals surface area (Å²) < 4.78 is 11.0. The highest BCUT2D eigenvalue weighted by Crippen LogP contribution is 2.28. The molecule has 2 aromatic rings. The van der Waals surface area contributed by atoms with Gasteiger partial charge in [0.05, 0.1) is 13.7 Å². The summed E-state index contributed by atoms with van der Waals surface area (Å²) in [6.45, 7) is 4.32. The normalized spacial score (nSPS) is 12.2. The van der Waals surface area contributed by atoms with Gasteiger partial charge in [0.2, 0.25) is 0 Å². The topological polar surface area (TPSA) is 33.7 Å². The van der Waals surface area contributed by atoms with Gasteiger partial charge in [0.15, 0.2) is 11.5 Å². The smallest absolute Gasteiger partial charge is 0.161 e. The number of benzene rings is 2. The van der Waals surface area contributed by atoms with E-state index in [1.807, 2.05) is 25.1 Å². The van der Waals surface area contributed by atoms with Crippen molar-refractivity contribution in [2.75, 3.05) is 34.4 Å². The molecule has 0 amide bonds. The van der Waals surface area contributed by atoms with Crippen molar-refractivity contribution in [1.29, 1.82) is 0 Å². The van der Waals surface area contributed by atoms with E-state index in [4.69, 9.17) is 9.47 Å². The monoisotopic (exact) mass is 328 g/mol. The maximum atomic E-state index is 5.66. The molecule has 0 aliphatic rings. The van der Waals surface area contributed by atoms with Crippen molar-refractivity contribution in [2.24, 2.45) is 0 Å². The number of nitrogens with zero attached hydrogens (tertiary/aromatic N) is 1. The second-order valence-electron chi connectivity index (χ2n) is 6.02. The molecule has 0 bridgehead atoms. The van der Waals surface area contributed by atoms with Crippen LogP contribution in [0.15, 0.2) is 48.5 Å². The fourth-order valence-electron chi connectivity index (χ4n) is 2.68. The van der Waals surface area contributed by atoms with E-state index in [1.165, 1.54) is 11.1 Å². The van der Waals surface area contributed by atoms with Gasteiger partial charge < -0.3 is 19.7 Å². The Hall–Kier alpha value is -2.04. The Balaban J connectivity index is 2.09. The minimum absolute atomic E-state index is 0.277. The van der Waals surface area contributed by atoms with Crippen LogP contribution < -0.4 is 14.8 Å². The Kier molecular flexibility index (Phi) is 7.09. The standard InChI is InChI=1S/C20H28N2O2/c1-5-24-20-13-16(11-12-19(20)23-4)14-21-18(15-22(2)3)17-9-7-6-8-10-17/h6-13,18,21H,5,14-15H2,1-4H3. The predicted octanol–water partition coefficient (Wildman–Crippen LogP) is 3.49. The molecular formula is C20H28N2O2. The van der Waals surface area contributed by atoms with E-state index < -0.39 is 0 Å². The third kappa shape index (κ3) is 5.25. The summed E-state index contributed by atoms with van der Waals surface area (Å²) >= 11 is 0. The summed E-state index contributed by atoms with van der Waals surface area (Å²) in [5, 5.41) is 3.65. The quantitative estimate of drug-likeness (QED) is 0.764. The summed E-state index contributed by atoms with van der Waals surface area (Å²) in [7, 11) is 5.86. The van der Waals surface area contributed by atoms with Crippen molar-refractivity contribution in [3.05, 3.63) is 59.7 Å². The van der Waals surface area contributed by atoms with Crippen LogP contribution >= 0.6 is 0 Å². The lowest BCUT2D eigenvalue weighted by atomic mass is 10.1. The van der Waals surface area contributed by atoms with Gasteiger partial charge in [0.1, 0.15) is 0 Å².